The zero-order valence-electron chi connectivity index (χ0n) is 19.5. The molecule has 0 aliphatic heterocycles. The van der Waals surface area contributed by atoms with Crippen LogP contribution in [0, 0.1) is 52.3 Å². The van der Waals surface area contributed by atoms with Crippen LogP contribution in [0.5, 0.6) is 0 Å². The van der Waals surface area contributed by atoms with E-state index in [2.05, 4.69) is 22.3 Å². The molecule has 0 unspecified atom stereocenters. The van der Waals surface area contributed by atoms with Gasteiger partial charge in [0.05, 0.1) is 5.60 Å². The molecule has 1 heterocycles. The number of fused-ring (bicyclic) bond motifs is 5. The van der Waals surface area contributed by atoms with E-state index in [1.54, 1.807) is 0 Å². The average Bonchev–Trinajstić information content (AvgIpc) is 3.14. The van der Waals surface area contributed by atoms with Crippen molar-refractivity contribution < 1.29 is 9.90 Å². The number of carbonyl (C=O) groups is 1. The van der Waals surface area contributed by atoms with Crippen LogP contribution in [0.4, 0.5) is 0 Å². The van der Waals surface area contributed by atoms with E-state index >= 15 is 0 Å². The standard InChI is InChI=1S/C25H37N5O2/c1-24(32)11-4-5-17-16(13-24)8-9-19-18(17)10-12-25(2)20(19)6-3-7-21(25)22(31)15-30-28-23(14-26)27-29-30/h16-21,32H,3-13,15H2,1-2H3/t16-,17+,18-,19-,20+,21-,24-,25+/m1/s1. The van der Waals surface area contributed by atoms with Crippen molar-refractivity contribution in [3.05, 3.63) is 5.82 Å². The zero-order valence-corrected chi connectivity index (χ0v) is 19.5. The quantitative estimate of drug-likeness (QED) is 0.765. The van der Waals surface area contributed by atoms with E-state index in [1.165, 1.54) is 36.9 Å². The van der Waals surface area contributed by atoms with Crippen molar-refractivity contribution >= 4 is 5.78 Å². The Morgan fingerprint density at radius 2 is 1.94 bits per heavy atom. The largest absolute Gasteiger partial charge is 0.390 e. The summed E-state index contributed by atoms with van der Waals surface area (Å²) in [6.07, 6.45) is 12.5. The van der Waals surface area contributed by atoms with Gasteiger partial charge in [0.15, 0.2) is 5.78 Å². The van der Waals surface area contributed by atoms with Gasteiger partial charge in [-0.2, -0.15) is 10.1 Å². The SMILES string of the molecule is C[C@@]1(O)CCC[C@H]2[C@H](CC[C@@H]3[C@@H]2CC[C@]2(C)[C@@H](C(=O)Cn4nnc(C#N)n4)CCC[C@@H]32)C1. The summed E-state index contributed by atoms with van der Waals surface area (Å²) in [6, 6.07) is 1.88. The molecule has 7 heteroatoms. The number of carbonyl (C=O) groups excluding carboxylic acids is 1. The molecule has 1 aromatic heterocycles. The number of tetrazole rings is 1. The molecule has 32 heavy (non-hydrogen) atoms. The van der Waals surface area contributed by atoms with Gasteiger partial charge >= 0.3 is 0 Å². The molecule has 4 aliphatic carbocycles. The molecule has 4 fully saturated rings. The smallest absolute Gasteiger partial charge is 0.273 e. The molecule has 8 atom stereocenters. The Balaban J connectivity index is 1.34. The van der Waals surface area contributed by atoms with Crippen LogP contribution in [0.2, 0.25) is 0 Å². The molecule has 1 aromatic rings. The van der Waals surface area contributed by atoms with E-state index in [1.807, 2.05) is 13.0 Å². The normalized spacial score (nSPS) is 43.8. The Kier molecular flexibility index (Phi) is 5.64. The minimum atomic E-state index is -0.488. The number of hydrogen-bond donors (Lipinski definition) is 1. The van der Waals surface area contributed by atoms with E-state index in [-0.39, 0.29) is 29.5 Å². The van der Waals surface area contributed by atoms with Crippen molar-refractivity contribution in [2.24, 2.45) is 40.9 Å². The number of ketones is 1. The highest BCUT2D eigenvalue weighted by Crippen LogP contribution is 2.63. The number of Topliss-reactive ketones (excluding diaryl/α,β-unsaturated/α-hetero) is 1. The van der Waals surface area contributed by atoms with Crippen molar-refractivity contribution in [3.63, 3.8) is 0 Å². The van der Waals surface area contributed by atoms with E-state index in [9.17, 15) is 9.90 Å². The lowest BCUT2D eigenvalue weighted by Crippen LogP contribution is -2.54. The number of hydrogen-bond acceptors (Lipinski definition) is 6. The van der Waals surface area contributed by atoms with Gasteiger partial charge in [-0.3, -0.25) is 4.79 Å². The molecule has 5 rings (SSSR count). The van der Waals surface area contributed by atoms with Gasteiger partial charge in [0.25, 0.3) is 5.82 Å². The molecule has 174 valence electrons. The Hall–Kier alpha value is -1.81. The second-order valence-electron chi connectivity index (χ2n) is 11.8. The summed E-state index contributed by atoms with van der Waals surface area (Å²) in [7, 11) is 0. The molecule has 0 aromatic carbocycles. The van der Waals surface area contributed by atoms with Gasteiger partial charge < -0.3 is 5.11 Å². The van der Waals surface area contributed by atoms with Crippen molar-refractivity contribution in [2.75, 3.05) is 0 Å². The van der Waals surface area contributed by atoms with Crippen molar-refractivity contribution in [3.8, 4) is 6.07 Å². The van der Waals surface area contributed by atoms with Crippen LogP contribution in [-0.4, -0.2) is 36.7 Å². The van der Waals surface area contributed by atoms with E-state index < -0.39 is 5.60 Å². The molecule has 4 saturated carbocycles. The van der Waals surface area contributed by atoms with Crippen LogP contribution in [-0.2, 0) is 11.3 Å². The average molecular weight is 440 g/mol. The number of aromatic nitrogens is 4. The molecule has 0 amide bonds. The maximum Gasteiger partial charge on any atom is 0.273 e. The highest BCUT2D eigenvalue weighted by atomic mass is 16.3. The highest BCUT2D eigenvalue weighted by molar-refractivity contribution is 5.81. The predicted octanol–water partition coefficient (Wildman–Crippen LogP) is 3.91. The molecule has 0 spiro atoms. The lowest BCUT2D eigenvalue weighted by molar-refractivity contribution is -0.144. The summed E-state index contributed by atoms with van der Waals surface area (Å²) in [5.74, 6) is 3.81. The van der Waals surface area contributed by atoms with Crippen LogP contribution in [0.3, 0.4) is 0 Å². The van der Waals surface area contributed by atoms with E-state index in [4.69, 9.17) is 5.26 Å². The number of nitrogens with zero attached hydrogens (tertiary/aromatic N) is 5. The van der Waals surface area contributed by atoms with Gasteiger partial charge in [-0.1, -0.05) is 24.9 Å². The fraction of sp³-hybridized carbons (Fsp3) is 0.880. The number of aliphatic hydroxyl groups is 1. The molecule has 7 nitrogen and oxygen atoms in total. The number of rotatable bonds is 3. The lowest BCUT2D eigenvalue weighted by Gasteiger charge is -2.59. The first-order valence-electron chi connectivity index (χ1n) is 12.7. The fourth-order valence-corrected chi connectivity index (χ4v) is 8.65. The first kappa shape index (κ1) is 22.0. The maximum absolute atomic E-state index is 13.4. The van der Waals surface area contributed by atoms with Gasteiger partial charge in [-0.05, 0) is 105 Å². The Labute approximate surface area is 190 Å². The van der Waals surface area contributed by atoms with Gasteiger partial charge in [0.2, 0.25) is 0 Å². The summed E-state index contributed by atoms with van der Waals surface area (Å²) < 4.78 is 0. The minimum absolute atomic E-state index is 0.0187. The topological polar surface area (TPSA) is 105 Å². The van der Waals surface area contributed by atoms with Gasteiger partial charge in [0.1, 0.15) is 12.6 Å². The Morgan fingerprint density at radius 3 is 2.72 bits per heavy atom. The first-order chi connectivity index (χ1) is 15.3. The number of nitriles is 1. The summed E-state index contributed by atoms with van der Waals surface area (Å²) in [6.45, 7) is 4.55. The van der Waals surface area contributed by atoms with Crippen molar-refractivity contribution in [1.29, 1.82) is 5.26 Å². The molecule has 4 aliphatic rings. The van der Waals surface area contributed by atoms with Crippen LogP contribution in [0.15, 0.2) is 0 Å². The Morgan fingerprint density at radius 1 is 1.09 bits per heavy atom. The highest BCUT2D eigenvalue weighted by Gasteiger charge is 2.56. The third kappa shape index (κ3) is 3.79. The van der Waals surface area contributed by atoms with E-state index in [0.717, 1.165) is 56.3 Å². The molecule has 0 radical (unpaired) electrons. The van der Waals surface area contributed by atoms with Crippen LogP contribution < -0.4 is 0 Å². The third-order valence-electron chi connectivity index (χ3n) is 9.95. The molecule has 1 N–H and O–H groups in total. The summed E-state index contributed by atoms with van der Waals surface area (Å²) >= 11 is 0. The zero-order chi connectivity index (χ0) is 22.5. The van der Waals surface area contributed by atoms with Crippen molar-refractivity contribution in [2.45, 2.75) is 96.6 Å². The van der Waals surface area contributed by atoms with Crippen LogP contribution in [0.25, 0.3) is 0 Å². The monoisotopic (exact) mass is 439 g/mol. The molecule has 0 bridgehead atoms. The first-order valence-corrected chi connectivity index (χ1v) is 12.7. The molecule has 0 saturated heterocycles. The minimum Gasteiger partial charge on any atom is -0.390 e. The second kappa shape index (κ2) is 8.20. The maximum atomic E-state index is 13.4. The van der Waals surface area contributed by atoms with Gasteiger partial charge in [-0.15, -0.1) is 5.10 Å². The Bertz CT molecular complexity index is 904. The summed E-state index contributed by atoms with van der Waals surface area (Å²) in [4.78, 5) is 14.7. The third-order valence-corrected chi connectivity index (χ3v) is 9.95. The van der Waals surface area contributed by atoms with E-state index in [0.29, 0.717) is 11.8 Å². The molecular formula is C25H37N5O2. The lowest BCUT2D eigenvalue weighted by atomic mass is 9.45. The predicted molar refractivity (Wildman–Crippen MR) is 118 cm³/mol. The molecular weight excluding hydrogens is 402 g/mol. The fourth-order valence-electron chi connectivity index (χ4n) is 8.65. The second-order valence-corrected chi connectivity index (χ2v) is 11.8. The van der Waals surface area contributed by atoms with Gasteiger partial charge in [0, 0.05) is 5.92 Å². The summed E-state index contributed by atoms with van der Waals surface area (Å²) in [5, 5.41) is 31.3. The van der Waals surface area contributed by atoms with Crippen LogP contribution >= 0.6 is 0 Å². The summed E-state index contributed by atoms with van der Waals surface area (Å²) in [5.41, 5.74) is -0.434. The van der Waals surface area contributed by atoms with Crippen LogP contribution in [0.1, 0.15) is 90.3 Å². The van der Waals surface area contributed by atoms with Gasteiger partial charge in [-0.25, -0.2) is 0 Å². The van der Waals surface area contributed by atoms with Crippen molar-refractivity contribution in [1.82, 2.24) is 20.2 Å².